The summed E-state index contributed by atoms with van der Waals surface area (Å²) in [5.41, 5.74) is -0.565. The molecule has 2 atom stereocenters. The summed E-state index contributed by atoms with van der Waals surface area (Å²) in [7, 11) is -4.42. The lowest BCUT2D eigenvalue weighted by atomic mass is 9.90. The van der Waals surface area contributed by atoms with Crippen LogP contribution in [0.1, 0.15) is 43.7 Å². The average molecular weight is 541 g/mol. The van der Waals surface area contributed by atoms with Crippen LogP contribution in [0, 0.1) is 11.6 Å². The van der Waals surface area contributed by atoms with Crippen LogP contribution in [0.5, 0.6) is 0 Å². The molecule has 2 saturated heterocycles. The van der Waals surface area contributed by atoms with Gasteiger partial charge >= 0.3 is 6.09 Å². The number of piperidine rings is 1. The van der Waals surface area contributed by atoms with Gasteiger partial charge in [-0.05, 0) is 68.0 Å². The van der Waals surface area contributed by atoms with E-state index in [1.165, 1.54) is 28.6 Å². The Balaban J connectivity index is 1.55. The first-order valence-electron chi connectivity index (χ1n) is 12.0. The number of halogens is 3. The summed E-state index contributed by atoms with van der Waals surface area (Å²) in [5, 5.41) is 0.0708. The molecule has 0 aromatic heterocycles. The molecule has 194 valence electrons. The third kappa shape index (κ3) is 4.83. The van der Waals surface area contributed by atoms with E-state index in [4.69, 9.17) is 21.1 Å². The smallest absolute Gasteiger partial charge is 0.410 e. The highest BCUT2D eigenvalue weighted by atomic mass is 35.5. The second kappa shape index (κ2) is 9.89. The Kier molecular flexibility index (Phi) is 6.97. The summed E-state index contributed by atoms with van der Waals surface area (Å²) in [4.78, 5) is 14.0. The van der Waals surface area contributed by atoms with Crippen LogP contribution in [0.4, 0.5) is 13.6 Å². The number of amides is 1. The van der Waals surface area contributed by atoms with Crippen LogP contribution >= 0.6 is 11.6 Å². The molecule has 36 heavy (non-hydrogen) atoms. The van der Waals surface area contributed by atoms with Crippen LogP contribution in [0.15, 0.2) is 47.4 Å². The number of rotatable bonds is 5. The summed E-state index contributed by atoms with van der Waals surface area (Å²) in [6.45, 7) is 1.60. The minimum Gasteiger partial charge on any atom is -0.441 e. The first kappa shape index (κ1) is 25.4. The Morgan fingerprint density at radius 2 is 1.83 bits per heavy atom. The maximum atomic E-state index is 14.9. The van der Waals surface area contributed by atoms with Gasteiger partial charge in [0, 0.05) is 18.1 Å². The summed E-state index contributed by atoms with van der Waals surface area (Å²) < 4.78 is 69.7. The highest BCUT2D eigenvalue weighted by molar-refractivity contribution is 7.89. The van der Waals surface area contributed by atoms with E-state index < -0.39 is 50.3 Å². The van der Waals surface area contributed by atoms with Gasteiger partial charge in [-0.1, -0.05) is 23.7 Å². The van der Waals surface area contributed by atoms with Crippen molar-refractivity contribution in [3.8, 4) is 0 Å². The largest absolute Gasteiger partial charge is 0.441 e. The molecule has 5 rings (SSSR count). The fourth-order valence-electron chi connectivity index (χ4n) is 5.24. The number of ether oxygens (including phenoxy) is 2. The molecular weight excluding hydrogens is 514 g/mol. The molecule has 2 aliphatic heterocycles. The third-order valence-corrected chi connectivity index (χ3v) is 9.35. The van der Waals surface area contributed by atoms with Gasteiger partial charge < -0.3 is 14.4 Å². The molecule has 0 spiro atoms. The quantitative estimate of drug-likeness (QED) is 0.539. The van der Waals surface area contributed by atoms with E-state index in [0.29, 0.717) is 64.0 Å². The second-order valence-corrected chi connectivity index (χ2v) is 11.7. The predicted molar refractivity (Wildman–Crippen MR) is 128 cm³/mol. The average Bonchev–Trinajstić information content (AvgIpc) is 3.64. The van der Waals surface area contributed by atoms with Crippen molar-refractivity contribution in [2.24, 2.45) is 0 Å². The van der Waals surface area contributed by atoms with Gasteiger partial charge in [0.05, 0.1) is 25.3 Å². The monoisotopic (exact) mass is 540 g/mol. The first-order chi connectivity index (χ1) is 17.2. The molecule has 2 heterocycles. The fraction of sp³-hybridized carbons (Fsp3) is 0.480. The normalized spacial score (nSPS) is 24.4. The first-order valence-corrected chi connectivity index (χ1v) is 13.8. The Hall–Kier alpha value is -2.27. The van der Waals surface area contributed by atoms with Gasteiger partial charge in [0.1, 0.15) is 22.1 Å². The van der Waals surface area contributed by atoms with Crippen LogP contribution in [-0.2, 0) is 19.5 Å². The molecule has 2 aromatic rings. The molecule has 1 saturated carbocycles. The van der Waals surface area contributed by atoms with E-state index in [2.05, 4.69) is 0 Å². The highest BCUT2D eigenvalue weighted by Crippen LogP contribution is 2.52. The number of benzene rings is 2. The lowest BCUT2D eigenvalue weighted by Crippen LogP contribution is -2.54. The van der Waals surface area contributed by atoms with Gasteiger partial charge in [-0.25, -0.2) is 22.0 Å². The number of hydrogen-bond donors (Lipinski definition) is 0. The number of morpholine rings is 1. The standard InChI is InChI=1S/C25H27ClF2N2O5S/c26-18-7-8-22(20(28)16-18)36(32,33)30-21(17-3-1-4-19(27)15-17)5-2-6-23(30)25(9-10-25)35-24(31)29-11-13-34-14-12-29/h1,3-4,7-8,15-16,21,23H,2,5-6,9-14H2/t21-,23+/m0/s1. The van der Waals surface area contributed by atoms with Crippen molar-refractivity contribution in [1.82, 2.24) is 9.21 Å². The molecule has 3 aliphatic rings. The summed E-state index contributed by atoms with van der Waals surface area (Å²) in [5.74, 6) is -1.47. The number of nitrogens with zero attached hydrogens (tertiary/aromatic N) is 2. The predicted octanol–water partition coefficient (Wildman–Crippen LogP) is 4.90. The molecule has 0 unspecified atom stereocenters. The minimum absolute atomic E-state index is 0.0708. The highest BCUT2D eigenvalue weighted by Gasteiger charge is 2.60. The SMILES string of the molecule is O=C(OC1([C@H]2CCC[C@@H](c3cccc(F)c3)N2S(=O)(=O)c2ccc(Cl)cc2F)CC1)N1CCOCC1. The molecule has 1 amide bonds. The van der Waals surface area contributed by atoms with Crippen LogP contribution in [0.2, 0.25) is 5.02 Å². The molecule has 11 heteroatoms. The summed E-state index contributed by atoms with van der Waals surface area (Å²) in [6, 6.07) is 7.70. The Morgan fingerprint density at radius 3 is 2.50 bits per heavy atom. The van der Waals surface area contributed by atoms with E-state index in [-0.39, 0.29) is 5.02 Å². The molecule has 7 nitrogen and oxygen atoms in total. The summed E-state index contributed by atoms with van der Waals surface area (Å²) >= 11 is 5.88. The van der Waals surface area contributed by atoms with Crippen LogP contribution in [0.25, 0.3) is 0 Å². The topological polar surface area (TPSA) is 76.2 Å². The maximum Gasteiger partial charge on any atom is 0.410 e. The van der Waals surface area contributed by atoms with Crippen molar-refractivity contribution in [1.29, 1.82) is 0 Å². The van der Waals surface area contributed by atoms with E-state index in [1.807, 2.05) is 0 Å². The minimum atomic E-state index is -4.42. The number of sulfonamides is 1. The molecule has 2 aromatic carbocycles. The van der Waals surface area contributed by atoms with Gasteiger partial charge in [0.15, 0.2) is 0 Å². The van der Waals surface area contributed by atoms with Crippen molar-refractivity contribution < 1.29 is 31.5 Å². The van der Waals surface area contributed by atoms with E-state index in [9.17, 15) is 22.0 Å². The molecule has 3 fully saturated rings. The lowest BCUT2D eigenvalue weighted by molar-refractivity contribution is -0.0253. The van der Waals surface area contributed by atoms with Crippen molar-refractivity contribution in [3.05, 3.63) is 64.7 Å². The summed E-state index contributed by atoms with van der Waals surface area (Å²) in [6.07, 6.45) is 1.94. The second-order valence-electron chi connectivity index (χ2n) is 9.46. The lowest BCUT2D eigenvalue weighted by Gasteiger charge is -2.44. The zero-order valence-corrected chi connectivity index (χ0v) is 21.1. The fourth-order valence-corrected chi connectivity index (χ4v) is 7.37. The van der Waals surface area contributed by atoms with Gasteiger partial charge in [-0.2, -0.15) is 4.31 Å². The van der Waals surface area contributed by atoms with Crippen molar-refractivity contribution in [3.63, 3.8) is 0 Å². The van der Waals surface area contributed by atoms with Crippen molar-refractivity contribution in [2.75, 3.05) is 26.3 Å². The van der Waals surface area contributed by atoms with Gasteiger partial charge in [-0.15, -0.1) is 0 Å². The van der Waals surface area contributed by atoms with E-state index >= 15 is 0 Å². The molecule has 0 N–H and O–H groups in total. The van der Waals surface area contributed by atoms with Crippen LogP contribution in [-0.4, -0.2) is 61.7 Å². The third-order valence-electron chi connectivity index (χ3n) is 7.16. The van der Waals surface area contributed by atoms with Crippen LogP contribution in [0.3, 0.4) is 0 Å². The van der Waals surface area contributed by atoms with Gasteiger partial charge in [0.2, 0.25) is 10.0 Å². The van der Waals surface area contributed by atoms with Gasteiger partial charge in [0.25, 0.3) is 0 Å². The number of carbonyl (C=O) groups excluding carboxylic acids is 1. The molecule has 1 aliphatic carbocycles. The van der Waals surface area contributed by atoms with E-state index in [1.54, 1.807) is 11.0 Å². The molecular formula is C25H27ClF2N2O5S. The molecule has 0 bridgehead atoms. The Bertz CT molecular complexity index is 1250. The Morgan fingerprint density at radius 1 is 1.08 bits per heavy atom. The van der Waals surface area contributed by atoms with Crippen molar-refractivity contribution in [2.45, 2.75) is 54.7 Å². The zero-order valence-electron chi connectivity index (χ0n) is 19.5. The molecule has 0 radical (unpaired) electrons. The maximum absolute atomic E-state index is 14.9. The van der Waals surface area contributed by atoms with Gasteiger partial charge in [-0.3, -0.25) is 0 Å². The van der Waals surface area contributed by atoms with E-state index in [0.717, 1.165) is 12.1 Å². The van der Waals surface area contributed by atoms with Crippen molar-refractivity contribution >= 4 is 27.7 Å². The zero-order chi connectivity index (χ0) is 25.5. The Labute approximate surface area is 214 Å². The number of hydrogen-bond acceptors (Lipinski definition) is 5. The number of carbonyl (C=O) groups is 1. The van der Waals surface area contributed by atoms with Crippen LogP contribution < -0.4 is 0 Å².